The Labute approximate surface area is 175 Å². The van der Waals surface area contributed by atoms with Crippen molar-refractivity contribution < 1.29 is 28.9 Å². The highest BCUT2D eigenvalue weighted by Gasteiger charge is 2.45. The fraction of sp³-hybridized carbons (Fsp3) is 0.304. The van der Waals surface area contributed by atoms with Crippen LogP contribution in [0.5, 0.6) is 11.5 Å². The fourth-order valence-corrected chi connectivity index (χ4v) is 3.46. The van der Waals surface area contributed by atoms with Crippen molar-refractivity contribution in [3.8, 4) is 11.5 Å². The van der Waals surface area contributed by atoms with Gasteiger partial charge in [-0.25, -0.2) is 0 Å². The van der Waals surface area contributed by atoms with Crippen molar-refractivity contribution in [3.63, 3.8) is 0 Å². The molecule has 0 bridgehead atoms. The fourth-order valence-electron chi connectivity index (χ4n) is 3.46. The molecule has 1 saturated heterocycles. The van der Waals surface area contributed by atoms with E-state index in [2.05, 4.69) is 0 Å². The van der Waals surface area contributed by atoms with Crippen LogP contribution in [0.15, 0.2) is 54.1 Å². The van der Waals surface area contributed by atoms with Gasteiger partial charge in [0.15, 0.2) is 0 Å². The minimum atomic E-state index is -0.724. The zero-order valence-corrected chi connectivity index (χ0v) is 17.3. The summed E-state index contributed by atoms with van der Waals surface area (Å²) in [5.74, 6) is -0.309. The second-order valence-electron chi connectivity index (χ2n) is 6.72. The van der Waals surface area contributed by atoms with E-state index in [-0.39, 0.29) is 24.5 Å². The smallest absolute Gasteiger partial charge is 0.295 e. The quantitative estimate of drug-likeness (QED) is 0.408. The van der Waals surface area contributed by atoms with Gasteiger partial charge in [0.1, 0.15) is 17.3 Å². The van der Waals surface area contributed by atoms with Crippen LogP contribution in [0, 0.1) is 0 Å². The highest BCUT2D eigenvalue weighted by atomic mass is 16.5. The molecule has 2 aromatic rings. The van der Waals surface area contributed by atoms with Crippen LogP contribution in [-0.4, -0.2) is 55.7 Å². The van der Waals surface area contributed by atoms with E-state index in [1.54, 1.807) is 55.6 Å². The lowest BCUT2D eigenvalue weighted by molar-refractivity contribution is -0.140. The van der Waals surface area contributed by atoms with Gasteiger partial charge < -0.3 is 24.2 Å². The van der Waals surface area contributed by atoms with Gasteiger partial charge in [0.2, 0.25) is 0 Å². The number of carbonyl (C=O) groups is 2. The summed E-state index contributed by atoms with van der Waals surface area (Å²) in [4.78, 5) is 27.0. The summed E-state index contributed by atoms with van der Waals surface area (Å²) in [6.45, 7) is 2.89. The number of amides is 1. The molecule has 1 amide bonds. The number of aliphatic hydroxyl groups is 1. The molecule has 7 heteroatoms. The largest absolute Gasteiger partial charge is 0.507 e. The number of likely N-dealkylation sites (tertiary alicyclic amines) is 1. The number of Topliss-reactive ketones (excluding diaryl/α,β-unsaturated/α-hetero) is 1. The van der Waals surface area contributed by atoms with E-state index >= 15 is 0 Å². The van der Waals surface area contributed by atoms with Gasteiger partial charge in [-0.05, 0) is 48.9 Å². The Hall–Kier alpha value is -3.32. The van der Waals surface area contributed by atoms with Crippen molar-refractivity contribution in [2.24, 2.45) is 0 Å². The van der Waals surface area contributed by atoms with Gasteiger partial charge in [0.25, 0.3) is 11.7 Å². The number of hydrogen-bond acceptors (Lipinski definition) is 6. The van der Waals surface area contributed by atoms with Gasteiger partial charge in [-0.2, -0.15) is 0 Å². The molecule has 1 fully saturated rings. The summed E-state index contributed by atoms with van der Waals surface area (Å²) in [5, 5.41) is 11.0. The van der Waals surface area contributed by atoms with Gasteiger partial charge in [-0.15, -0.1) is 0 Å². The van der Waals surface area contributed by atoms with Gasteiger partial charge in [-0.1, -0.05) is 12.1 Å². The van der Waals surface area contributed by atoms with E-state index in [0.717, 1.165) is 0 Å². The number of rotatable bonds is 8. The molecule has 0 saturated carbocycles. The molecule has 1 atom stereocenters. The van der Waals surface area contributed by atoms with Crippen molar-refractivity contribution in [2.75, 3.05) is 34.0 Å². The predicted molar refractivity (Wildman–Crippen MR) is 111 cm³/mol. The van der Waals surface area contributed by atoms with E-state index in [0.29, 0.717) is 29.2 Å². The molecule has 3 rings (SSSR count). The van der Waals surface area contributed by atoms with Crippen molar-refractivity contribution >= 4 is 17.4 Å². The predicted octanol–water partition coefficient (Wildman–Crippen LogP) is 3.16. The summed E-state index contributed by atoms with van der Waals surface area (Å²) in [5.41, 5.74) is 1.17. The lowest BCUT2D eigenvalue weighted by Crippen LogP contribution is -2.32. The maximum atomic E-state index is 12.9. The highest BCUT2D eigenvalue weighted by molar-refractivity contribution is 6.46. The minimum Gasteiger partial charge on any atom is -0.507 e. The zero-order chi connectivity index (χ0) is 21.7. The van der Waals surface area contributed by atoms with Crippen LogP contribution >= 0.6 is 0 Å². The Balaban J connectivity index is 2.08. The summed E-state index contributed by atoms with van der Waals surface area (Å²) < 4.78 is 15.7. The molecule has 1 aliphatic rings. The number of aliphatic hydroxyl groups excluding tert-OH is 1. The molecular formula is C23H25NO6. The average molecular weight is 411 g/mol. The summed E-state index contributed by atoms with van der Waals surface area (Å²) >= 11 is 0. The lowest BCUT2D eigenvalue weighted by Gasteiger charge is -2.25. The van der Waals surface area contributed by atoms with Gasteiger partial charge in [-0.3, -0.25) is 9.59 Å². The molecule has 1 heterocycles. The third-order valence-electron chi connectivity index (χ3n) is 4.95. The number of nitrogens with zero attached hydrogens (tertiary/aromatic N) is 1. The molecule has 0 radical (unpaired) electrons. The van der Waals surface area contributed by atoms with E-state index in [9.17, 15) is 14.7 Å². The third-order valence-corrected chi connectivity index (χ3v) is 4.95. The van der Waals surface area contributed by atoms with Crippen LogP contribution in [0.2, 0.25) is 0 Å². The number of ether oxygens (including phenoxy) is 3. The van der Waals surface area contributed by atoms with E-state index < -0.39 is 17.7 Å². The normalized spacial score (nSPS) is 18.0. The molecule has 2 aromatic carbocycles. The Morgan fingerprint density at radius 2 is 1.63 bits per heavy atom. The minimum absolute atomic E-state index is 0.0467. The maximum absolute atomic E-state index is 12.9. The standard InChI is InChI=1S/C23H25NO6/c1-4-30-18-11-7-16(8-12-18)21(25)19-20(15-5-9-17(29-3)10-6-15)24(13-14-28-2)23(27)22(19)26/h5-12,20,25H,4,13-14H2,1-3H3/t20-/m0/s1. The second kappa shape index (κ2) is 9.45. The molecule has 0 unspecified atom stereocenters. The Bertz CT molecular complexity index is 933. The molecule has 7 nitrogen and oxygen atoms in total. The highest BCUT2D eigenvalue weighted by Crippen LogP contribution is 2.39. The molecule has 1 N–H and O–H groups in total. The van der Waals surface area contributed by atoms with Crippen molar-refractivity contribution in [3.05, 3.63) is 65.2 Å². The van der Waals surface area contributed by atoms with E-state index in [1.165, 1.54) is 12.0 Å². The number of carbonyl (C=O) groups excluding carboxylic acids is 2. The lowest BCUT2D eigenvalue weighted by atomic mass is 9.95. The van der Waals surface area contributed by atoms with Crippen molar-refractivity contribution in [1.29, 1.82) is 0 Å². The molecule has 158 valence electrons. The van der Waals surface area contributed by atoms with Crippen LogP contribution in [-0.2, 0) is 14.3 Å². The first kappa shape index (κ1) is 21.4. The topological polar surface area (TPSA) is 85.3 Å². The number of methoxy groups -OCH3 is 2. The maximum Gasteiger partial charge on any atom is 0.295 e. The van der Waals surface area contributed by atoms with Gasteiger partial charge >= 0.3 is 0 Å². The molecule has 0 spiro atoms. The monoisotopic (exact) mass is 411 g/mol. The molecule has 0 aliphatic carbocycles. The summed E-state index contributed by atoms with van der Waals surface area (Å²) in [7, 11) is 3.09. The van der Waals surface area contributed by atoms with Crippen LogP contribution in [0.25, 0.3) is 5.76 Å². The Kier molecular flexibility index (Phi) is 6.74. The molecule has 0 aromatic heterocycles. The third kappa shape index (κ3) is 4.16. The second-order valence-corrected chi connectivity index (χ2v) is 6.72. The van der Waals surface area contributed by atoms with Crippen LogP contribution in [0.3, 0.4) is 0 Å². The SMILES string of the molecule is CCOc1ccc(C(O)=C2C(=O)C(=O)N(CCOC)[C@H]2c2ccc(OC)cc2)cc1. The van der Waals surface area contributed by atoms with Crippen molar-refractivity contribution in [1.82, 2.24) is 4.90 Å². The van der Waals surface area contributed by atoms with Gasteiger partial charge in [0, 0.05) is 19.2 Å². The molecule has 1 aliphatic heterocycles. The Morgan fingerprint density at radius 1 is 1.00 bits per heavy atom. The average Bonchev–Trinajstić information content (AvgIpc) is 3.02. The van der Waals surface area contributed by atoms with E-state index in [1.807, 2.05) is 6.92 Å². The van der Waals surface area contributed by atoms with Crippen molar-refractivity contribution in [2.45, 2.75) is 13.0 Å². The number of hydrogen-bond donors (Lipinski definition) is 1. The van der Waals surface area contributed by atoms with Gasteiger partial charge in [0.05, 0.1) is 31.9 Å². The van der Waals surface area contributed by atoms with Crippen LogP contribution < -0.4 is 9.47 Å². The summed E-state index contributed by atoms with van der Waals surface area (Å²) in [6, 6.07) is 13.1. The zero-order valence-electron chi connectivity index (χ0n) is 17.3. The van der Waals surface area contributed by atoms with Crippen LogP contribution in [0.1, 0.15) is 24.1 Å². The Morgan fingerprint density at radius 3 is 2.20 bits per heavy atom. The molecule has 30 heavy (non-hydrogen) atoms. The first-order valence-electron chi connectivity index (χ1n) is 9.66. The first-order chi connectivity index (χ1) is 14.5. The number of ketones is 1. The first-order valence-corrected chi connectivity index (χ1v) is 9.66. The number of benzene rings is 2. The van der Waals surface area contributed by atoms with Crippen LogP contribution in [0.4, 0.5) is 0 Å². The molecular weight excluding hydrogens is 386 g/mol. The van der Waals surface area contributed by atoms with E-state index in [4.69, 9.17) is 14.2 Å². The summed E-state index contributed by atoms with van der Waals surface area (Å²) in [6.07, 6.45) is 0.